The zero-order chi connectivity index (χ0) is 22.3. The Labute approximate surface area is 188 Å². The molecule has 2 N–H and O–H groups in total. The average molecular weight is 450 g/mol. The van der Waals surface area contributed by atoms with Gasteiger partial charge in [-0.25, -0.2) is 4.39 Å². The Kier molecular flexibility index (Phi) is 6.76. The molecule has 4 rings (SSSR count). The van der Waals surface area contributed by atoms with Crippen LogP contribution in [0.2, 0.25) is 0 Å². The van der Waals surface area contributed by atoms with E-state index in [9.17, 15) is 14.0 Å². The maximum atomic E-state index is 13.0. The number of hydrogen-bond acceptors (Lipinski definition) is 5. The van der Waals surface area contributed by atoms with E-state index in [1.165, 1.54) is 23.9 Å². The van der Waals surface area contributed by atoms with Gasteiger partial charge in [-0.3, -0.25) is 14.0 Å². The van der Waals surface area contributed by atoms with Crippen molar-refractivity contribution in [2.45, 2.75) is 18.2 Å². The number of pyridine rings is 1. The van der Waals surface area contributed by atoms with Gasteiger partial charge in [-0.15, -0.1) is 10.2 Å². The molecule has 2 heterocycles. The number of carbonyl (C=O) groups excluding carboxylic acids is 2. The molecule has 7 nitrogen and oxygen atoms in total. The Hall–Kier alpha value is -3.72. The molecule has 0 bridgehead atoms. The van der Waals surface area contributed by atoms with E-state index >= 15 is 0 Å². The molecule has 0 aliphatic carbocycles. The maximum absolute atomic E-state index is 13.0. The van der Waals surface area contributed by atoms with Crippen LogP contribution in [0.25, 0.3) is 5.65 Å². The fraction of sp³-hybridized carbons (Fsp3) is 0.130. The molecular formula is C23H20FN5O2S. The second-order valence-electron chi connectivity index (χ2n) is 6.99. The molecule has 0 spiro atoms. The highest BCUT2D eigenvalue weighted by Crippen LogP contribution is 2.18. The van der Waals surface area contributed by atoms with Crippen molar-refractivity contribution < 1.29 is 14.0 Å². The molecule has 0 saturated heterocycles. The number of rotatable bonds is 8. The van der Waals surface area contributed by atoms with Crippen LogP contribution in [0, 0.1) is 5.82 Å². The van der Waals surface area contributed by atoms with Gasteiger partial charge in [0.1, 0.15) is 5.82 Å². The van der Waals surface area contributed by atoms with E-state index in [-0.39, 0.29) is 23.4 Å². The van der Waals surface area contributed by atoms with E-state index in [2.05, 4.69) is 20.8 Å². The van der Waals surface area contributed by atoms with Crippen LogP contribution in [0.4, 0.5) is 4.39 Å². The Bertz CT molecular complexity index is 1230. The summed E-state index contributed by atoms with van der Waals surface area (Å²) < 4.78 is 14.6. The van der Waals surface area contributed by atoms with E-state index in [0.717, 1.165) is 11.1 Å². The number of aromatic nitrogens is 3. The Morgan fingerprint density at radius 3 is 2.38 bits per heavy atom. The number of amides is 2. The van der Waals surface area contributed by atoms with E-state index in [4.69, 9.17) is 0 Å². The van der Waals surface area contributed by atoms with Gasteiger partial charge in [0.2, 0.25) is 5.91 Å². The summed E-state index contributed by atoms with van der Waals surface area (Å²) >= 11 is 1.22. The molecule has 162 valence electrons. The van der Waals surface area contributed by atoms with Crippen molar-refractivity contribution in [2.75, 3.05) is 5.75 Å². The van der Waals surface area contributed by atoms with Gasteiger partial charge in [-0.2, -0.15) is 0 Å². The number of nitrogens with one attached hydrogen (secondary N) is 2. The number of thioether (sulfide) groups is 1. The van der Waals surface area contributed by atoms with Gasteiger partial charge < -0.3 is 10.6 Å². The summed E-state index contributed by atoms with van der Waals surface area (Å²) in [5, 5.41) is 14.4. The first-order valence-corrected chi connectivity index (χ1v) is 10.9. The van der Waals surface area contributed by atoms with Crippen molar-refractivity contribution in [3.63, 3.8) is 0 Å². The number of benzene rings is 2. The summed E-state index contributed by atoms with van der Waals surface area (Å²) in [4.78, 5) is 24.7. The second-order valence-corrected chi connectivity index (χ2v) is 7.93. The molecule has 0 saturated carbocycles. The fourth-order valence-electron chi connectivity index (χ4n) is 2.97. The molecule has 0 aliphatic rings. The molecule has 4 aromatic rings. The van der Waals surface area contributed by atoms with Crippen molar-refractivity contribution in [2.24, 2.45) is 0 Å². The lowest BCUT2D eigenvalue weighted by atomic mass is 10.2. The van der Waals surface area contributed by atoms with Crippen molar-refractivity contribution >= 4 is 29.2 Å². The summed E-state index contributed by atoms with van der Waals surface area (Å²) in [6.45, 7) is 0.738. The standard InChI is InChI=1S/C23H20FN5O2S/c24-19-9-6-17(7-10-19)12-25-21(30)15-32-23-28-27-20-11-8-18(14-29(20)23)22(31)26-13-16-4-2-1-3-5-16/h1-11,14H,12-13,15H2,(H,25,30)(H,26,31). The summed E-state index contributed by atoms with van der Waals surface area (Å²) in [7, 11) is 0. The number of hydrogen-bond donors (Lipinski definition) is 2. The second kappa shape index (κ2) is 10.1. The van der Waals surface area contributed by atoms with Crippen LogP contribution >= 0.6 is 11.8 Å². The zero-order valence-electron chi connectivity index (χ0n) is 17.0. The quantitative estimate of drug-likeness (QED) is 0.404. The minimum absolute atomic E-state index is 0.131. The first-order chi connectivity index (χ1) is 15.6. The SMILES string of the molecule is O=C(CSc1nnc2ccc(C(=O)NCc3ccccc3)cn12)NCc1ccc(F)cc1. The molecular weight excluding hydrogens is 429 g/mol. The molecule has 9 heteroatoms. The third-order valence-corrected chi connectivity index (χ3v) is 5.61. The molecule has 0 fully saturated rings. The Morgan fingerprint density at radius 1 is 0.875 bits per heavy atom. The summed E-state index contributed by atoms with van der Waals surface area (Å²) in [6.07, 6.45) is 1.66. The van der Waals surface area contributed by atoms with Crippen LogP contribution in [0.15, 0.2) is 78.1 Å². The van der Waals surface area contributed by atoms with Crippen LogP contribution in [-0.4, -0.2) is 32.2 Å². The molecule has 2 aromatic heterocycles. The molecule has 0 atom stereocenters. The van der Waals surface area contributed by atoms with Crippen LogP contribution in [-0.2, 0) is 17.9 Å². The lowest BCUT2D eigenvalue weighted by molar-refractivity contribution is -0.118. The molecule has 0 radical (unpaired) electrons. The highest BCUT2D eigenvalue weighted by atomic mass is 32.2. The zero-order valence-corrected chi connectivity index (χ0v) is 17.8. The highest BCUT2D eigenvalue weighted by Gasteiger charge is 2.12. The van der Waals surface area contributed by atoms with Gasteiger partial charge in [0.05, 0.1) is 11.3 Å². The molecule has 32 heavy (non-hydrogen) atoms. The average Bonchev–Trinajstić information content (AvgIpc) is 3.23. The molecule has 2 amide bonds. The molecule has 0 unspecified atom stereocenters. The summed E-state index contributed by atoms with van der Waals surface area (Å²) in [5.74, 6) is -0.584. The lowest BCUT2D eigenvalue weighted by Crippen LogP contribution is -2.24. The maximum Gasteiger partial charge on any atom is 0.253 e. The predicted octanol–water partition coefficient (Wildman–Crippen LogP) is 3.21. The minimum atomic E-state index is -0.317. The third-order valence-electron chi connectivity index (χ3n) is 4.66. The third kappa shape index (κ3) is 5.50. The number of carbonyl (C=O) groups is 2. The number of halogens is 1. The van der Waals surface area contributed by atoms with Crippen molar-refractivity contribution in [1.82, 2.24) is 25.2 Å². The van der Waals surface area contributed by atoms with Crippen molar-refractivity contribution in [3.05, 3.63) is 95.4 Å². The normalized spacial score (nSPS) is 10.8. The van der Waals surface area contributed by atoms with Gasteiger partial charge in [0.25, 0.3) is 5.91 Å². The molecule has 2 aromatic carbocycles. The first-order valence-electron chi connectivity index (χ1n) is 9.89. The van der Waals surface area contributed by atoms with E-state index in [1.54, 1.807) is 34.9 Å². The van der Waals surface area contributed by atoms with Crippen molar-refractivity contribution in [1.29, 1.82) is 0 Å². The monoisotopic (exact) mass is 449 g/mol. The van der Waals surface area contributed by atoms with Gasteiger partial charge in [0.15, 0.2) is 10.8 Å². The van der Waals surface area contributed by atoms with Gasteiger partial charge in [0, 0.05) is 19.3 Å². The van der Waals surface area contributed by atoms with Crippen LogP contribution in [0.1, 0.15) is 21.5 Å². The van der Waals surface area contributed by atoms with Crippen LogP contribution in [0.3, 0.4) is 0 Å². The topological polar surface area (TPSA) is 88.4 Å². The minimum Gasteiger partial charge on any atom is -0.351 e. The van der Waals surface area contributed by atoms with Crippen LogP contribution < -0.4 is 10.6 Å². The summed E-state index contributed by atoms with van der Waals surface area (Å²) in [5.41, 5.74) is 2.87. The lowest BCUT2D eigenvalue weighted by Gasteiger charge is -2.07. The highest BCUT2D eigenvalue weighted by molar-refractivity contribution is 7.99. The number of nitrogens with zero attached hydrogens (tertiary/aromatic N) is 3. The Morgan fingerprint density at radius 2 is 1.59 bits per heavy atom. The largest absolute Gasteiger partial charge is 0.351 e. The van der Waals surface area contributed by atoms with E-state index < -0.39 is 0 Å². The van der Waals surface area contributed by atoms with Gasteiger partial charge >= 0.3 is 0 Å². The molecule has 0 aliphatic heterocycles. The number of fused-ring (bicyclic) bond motifs is 1. The summed E-state index contributed by atoms with van der Waals surface area (Å²) in [6, 6.07) is 19.0. The Balaban J connectivity index is 1.35. The van der Waals surface area contributed by atoms with Gasteiger partial charge in [-0.1, -0.05) is 54.2 Å². The smallest absolute Gasteiger partial charge is 0.253 e. The van der Waals surface area contributed by atoms with Crippen LogP contribution in [0.5, 0.6) is 0 Å². The van der Waals surface area contributed by atoms with E-state index in [1.807, 2.05) is 30.3 Å². The van der Waals surface area contributed by atoms with Gasteiger partial charge in [-0.05, 0) is 35.4 Å². The predicted molar refractivity (Wildman–Crippen MR) is 120 cm³/mol. The first kappa shape index (κ1) is 21.5. The fourth-order valence-corrected chi connectivity index (χ4v) is 3.71. The van der Waals surface area contributed by atoms with Crippen molar-refractivity contribution in [3.8, 4) is 0 Å². The van der Waals surface area contributed by atoms with E-state index in [0.29, 0.717) is 29.5 Å².